The maximum Gasteiger partial charge on any atom is 0.323 e. The summed E-state index contributed by atoms with van der Waals surface area (Å²) in [7, 11) is 1.71. The first-order valence-electron chi connectivity index (χ1n) is 5.89. The zero-order chi connectivity index (χ0) is 13.6. The molecule has 2 N–H and O–H groups in total. The van der Waals surface area contributed by atoms with Crippen molar-refractivity contribution in [1.29, 1.82) is 0 Å². The highest BCUT2D eigenvalue weighted by Crippen LogP contribution is 2.25. The van der Waals surface area contributed by atoms with E-state index in [0.717, 1.165) is 21.5 Å². The first-order chi connectivity index (χ1) is 8.54. The summed E-state index contributed by atoms with van der Waals surface area (Å²) in [6, 6.07) is 0. The van der Waals surface area contributed by atoms with Crippen LogP contribution in [0.15, 0.2) is 4.34 Å². The molecule has 0 amide bonds. The Morgan fingerprint density at radius 3 is 2.72 bits per heavy atom. The summed E-state index contributed by atoms with van der Waals surface area (Å²) >= 11 is 3.21. The molecule has 0 bridgehead atoms. The fourth-order valence-corrected chi connectivity index (χ4v) is 3.54. The number of hydrogen-bond donors (Lipinski definition) is 2. The summed E-state index contributed by atoms with van der Waals surface area (Å²) in [5, 5.41) is 21.1. The van der Waals surface area contributed by atoms with Crippen LogP contribution in [-0.4, -0.2) is 39.6 Å². The number of hydrogen-bond acceptors (Lipinski definition) is 6. The summed E-state index contributed by atoms with van der Waals surface area (Å²) in [6.45, 7) is 3.82. The van der Waals surface area contributed by atoms with E-state index in [9.17, 15) is 9.90 Å². The average molecular weight is 289 g/mol. The second kappa shape index (κ2) is 7.06. The van der Waals surface area contributed by atoms with Crippen LogP contribution < -0.4 is 5.32 Å². The van der Waals surface area contributed by atoms with Crippen molar-refractivity contribution in [3.05, 3.63) is 5.01 Å². The van der Waals surface area contributed by atoms with Crippen LogP contribution in [0.25, 0.3) is 0 Å². The van der Waals surface area contributed by atoms with Crippen molar-refractivity contribution in [2.75, 3.05) is 12.8 Å². The number of carboxylic acid groups (broad SMARTS) is 1. The van der Waals surface area contributed by atoms with E-state index in [4.69, 9.17) is 0 Å². The van der Waals surface area contributed by atoms with Gasteiger partial charge in [-0.2, -0.15) is 0 Å². The van der Waals surface area contributed by atoms with Crippen LogP contribution in [0.4, 0.5) is 0 Å². The highest BCUT2D eigenvalue weighted by molar-refractivity contribution is 8.01. The van der Waals surface area contributed by atoms with E-state index in [1.807, 2.05) is 13.8 Å². The van der Waals surface area contributed by atoms with Crippen molar-refractivity contribution < 1.29 is 9.90 Å². The molecule has 0 saturated heterocycles. The number of aryl methyl sites for hydroxylation is 1. The van der Waals surface area contributed by atoms with E-state index in [2.05, 4.69) is 15.5 Å². The van der Waals surface area contributed by atoms with Crippen molar-refractivity contribution in [3.63, 3.8) is 0 Å². The second-order valence-electron chi connectivity index (χ2n) is 4.03. The number of thioether (sulfide) groups is 1. The zero-order valence-corrected chi connectivity index (χ0v) is 12.5. The number of aliphatic carboxylic acids is 1. The van der Waals surface area contributed by atoms with Crippen molar-refractivity contribution >= 4 is 29.1 Å². The van der Waals surface area contributed by atoms with Crippen molar-refractivity contribution in [1.82, 2.24) is 15.5 Å². The maximum absolute atomic E-state index is 11.3. The van der Waals surface area contributed by atoms with Gasteiger partial charge in [-0.1, -0.05) is 30.0 Å². The highest BCUT2D eigenvalue weighted by atomic mass is 32.2. The number of likely N-dealkylation sites (N-methyl/N-ethyl adjacent to an activating group) is 1. The SMILES string of the molecule is CCC(CCCSc1nnc(C)s1)(NC)C(=O)O. The van der Waals surface area contributed by atoms with Crippen LogP contribution in [0.1, 0.15) is 31.2 Å². The van der Waals surface area contributed by atoms with Gasteiger partial charge < -0.3 is 10.4 Å². The monoisotopic (exact) mass is 289 g/mol. The normalized spacial score (nSPS) is 14.4. The van der Waals surface area contributed by atoms with Gasteiger partial charge in [-0.25, -0.2) is 0 Å². The predicted octanol–water partition coefficient (Wildman–Crippen LogP) is 2.17. The Balaban J connectivity index is 2.38. The van der Waals surface area contributed by atoms with Crippen LogP contribution in [0, 0.1) is 6.92 Å². The van der Waals surface area contributed by atoms with E-state index in [1.165, 1.54) is 0 Å². The molecule has 1 aromatic heterocycles. The van der Waals surface area contributed by atoms with Crippen LogP contribution in [0.5, 0.6) is 0 Å². The third-order valence-corrected chi connectivity index (χ3v) is 5.03. The van der Waals surface area contributed by atoms with Crippen LogP contribution in [0.2, 0.25) is 0 Å². The second-order valence-corrected chi connectivity index (χ2v) is 6.55. The van der Waals surface area contributed by atoms with Crippen LogP contribution in [-0.2, 0) is 4.79 Å². The summed E-state index contributed by atoms with van der Waals surface area (Å²) in [6.07, 6.45) is 2.05. The van der Waals surface area contributed by atoms with Gasteiger partial charge >= 0.3 is 5.97 Å². The van der Waals surface area contributed by atoms with Crippen LogP contribution in [0.3, 0.4) is 0 Å². The lowest BCUT2D eigenvalue weighted by molar-refractivity contribution is -0.145. The molecule has 0 aromatic carbocycles. The molecule has 7 heteroatoms. The van der Waals surface area contributed by atoms with Gasteiger partial charge in [0.25, 0.3) is 0 Å². The number of carbonyl (C=O) groups is 1. The molecule has 0 aliphatic carbocycles. The largest absolute Gasteiger partial charge is 0.480 e. The molecule has 102 valence electrons. The topological polar surface area (TPSA) is 75.1 Å². The van der Waals surface area contributed by atoms with Gasteiger partial charge in [-0.05, 0) is 33.2 Å². The van der Waals surface area contributed by atoms with E-state index >= 15 is 0 Å². The molecule has 1 aromatic rings. The molecular weight excluding hydrogens is 270 g/mol. The van der Waals surface area contributed by atoms with E-state index in [-0.39, 0.29) is 0 Å². The van der Waals surface area contributed by atoms with Gasteiger partial charge in [-0.15, -0.1) is 10.2 Å². The number of nitrogens with zero attached hydrogens (tertiary/aromatic N) is 2. The molecule has 0 saturated carbocycles. The minimum absolute atomic E-state index is 0.585. The molecule has 0 aliphatic rings. The van der Waals surface area contributed by atoms with Crippen molar-refractivity contribution in [3.8, 4) is 0 Å². The average Bonchev–Trinajstić information content (AvgIpc) is 2.75. The molecule has 1 rings (SSSR count). The first kappa shape index (κ1) is 15.4. The maximum atomic E-state index is 11.3. The summed E-state index contributed by atoms with van der Waals surface area (Å²) in [4.78, 5) is 11.3. The van der Waals surface area contributed by atoms with Gasteiger partial charge in [0.05, 0.1) is 0 Å². The molecule has 0 radical (unpaired) electrons. The van der Waals surface area contributed by atoms with E-state index in [1.54, 1.807) is 30.1 Å². The highest BCUT2D eigenvalue weighted by Gasteiger charge is 2.33. The zero-order valence-electron chi connectivity index (χ0n) is 10.9. The fraction of sp³-hybridized carbons (Fsp3) is 0.727. The molecular formula is C11H19N3O2S2. The molecule has 5 nitrogen and oxygen atoms in total. The molecule has 1 heterocycles. The van der Waals surface area contributed by atoms with Gasteiger partial charge in [-0.3, -0.25) is 4.79 Å². The number of nitrogens with one attached hydrogen (secondary N) is 1. The molecule has 0 aliphatic heterocycles. The molecule has 0 fully saturated rings. The van der Waals surface area contributed by atoms with Gasteiger partial charge in [0.15, 0.2) is 4.34 Å². The predicted molar refractivity (Wildman–Crippen MR) is 74.3 cm³/mol. The van der Waals surface area contributed by atoms with E-state index < -0.39 is 11.5 Å². The number of carboxylic acids is 1. The molecule has 18 heavy (non-hydrogen) atoms. The Hall–Kier alpha value is -0.660. The Bertz CT molecular complexity index is 391. The van der Waals surface area contributed by atoms with E-state index in [0.29, 0.717) is 12.8 Å². The fourth-order valence-electron chi connectivity index (χ4n) is 1.71. The minimum Gasteiger partial charge on any atom is -0.480 e. The Labute approximate surface area is 115 Å². The van der Waals surface area contributed by atoms with Gasteiger partial charge in [0.2, 0.25) is 0 Å². The Morgan fingerprint density at radius 1 is 1.56 bits per heavy atom. The Morgan fingerprint density at radius 2 is 2.28 bits per heavy atom. The lowest BCUT2D eigenvalue weighted by atomic mass is 9.91. The van der Waals surface area contributed by atoms with Crippen molar-refractivity contribution in [2.24, 2.45) is 0 Å². The molecule has 1 unspecified atom stereocenters. The first-order valence-corrected chi connectivity index (χ1v) is 7.69. The minimum atomic E-state index is -0.794. The number of rotatable bonds is 8. The smallest absolute Gasteiger partial charge is 0.323 e. The summed E-state index contributed by atoms with van der Waals surface area (Å²) in [5.74, 6) is 0.0926. The standard InChI is InChI=1S/C11H19N3O2S2/c1-4-11(12-3,9(15)16)6-5-7-17-10-14-13-8(2)18-10/h12H,4-7H2,1-3H3,(H,15,16). The van der Waals surface area contributed by atoms with Gasteiger partial charge in [0, 0.05) is 5.75 Å². The van der Waals surface area contributed by atoms with Crippen LogP contribution >= 0.6 is 23.1 Å². The number of aromatic nitrogens is 2. The molecule has 0 spiro atoms. The quantitative estimate of drug-likeness (QED) is 0.564. The lowest BCUT2D eigenvalue weighted by Gasteiger charge is -2.27. The summed E-state index contributed by atoms with van der Waals surface area (Å²) in [5.41, 5.74) is -0.794. The third kappa shape index (κ3) is 3.93. The lowest BCUT2D eigenvalue weighted by Crippen LogP contribution is -2.49. The summed E-state index contributed by atoms with van der Waals surface area (Å²) < 4.78 is 0.953. The Kier molecular flexibility index (Phi) is 6.04. The van der Waals surface area contributed by atoms with Gasteiger partial charge in [0.1, 0.15) is 10.5 Å². The third-order valence-electron chi connectivity index (χ3n) is 2.97. The molecule has 1 atom stereocenters. The van der Waals surface area contributed by atoms with Crippen molar-refractivity contribution in [2.45, 2.75) is 43.0 Å².